The Morgan fingerprint density at radius 2 is 1.68 bits per heavy atom. The molecule has 0 aliphatic rings. The average molecular weight is 293 g/mol. The number of hydrogen-bond acceptors (Lipinski definition) is 3. The van der Waals surface area contributed by atoms with Gasteiger partial charge in [0.05, 0.1) is 18.2 Å². The SMILES string of the molecule is CNC(=O)CNC(=O)c1ccccc1-c1ccccc1C#N. The number of nitrogens with zero attached hydrogens (tertiary/aromatic N) is 1. The van der Waals surface area contributed by atoms with Crippen LogP contribution >= 0.6 is 0 Å². The largest absolute Gasteiger partial charge is 0.358 e. The zero-order chi connectivity index (χ0) is 15.9. The van der Waals surface area contributed by atoms with Gasteiger partial charge in [-0.25, -0.2) is 0 Å². The number of nitriles is 1. The van der Waals surface area contributed by atoms with Gasteiger partial charge in [0, 0.05) is 18.2 Å². The average Bonchev–Trinajstić information content (AvgIpc) is 2.59. The van der Waals surface area contributed by atoms with E-state index in [0.717, 1.165) is 0 Å². The minimum atomic E-state index is -0.355. The molecule has 0 unspecified atom stereocenters. The van der Waals surface area contributed by atoms with E-state index in [1.165, 1.54) is 7.05 Å². The summed E-state index contributed by atoms with van der Waals surface area (Å²) in [6, 6.07) is 16.2. The Hall–Kier alpha value is -3.13. The third kappa shape index (κ3) is 3.30. The predicted molar refractivity (Wildman–Crippen MR) is 83.0 cm³/mol. The highest BCUT2D eigenvalue weighted by Gasteiger charge is 2.15. The summed E-state index contributed by atoms with van der Waals surface area (Å²) >= 11 is 0. The molecule has 0 bridgehead atoms. The maximum absolute atomic E-state index is 12.3. The van der Waals surface area contributed by atoms with Crippen LogP contribution in [0.15, 0.2) is 48.5 Å². The number of amides is 2. The van der Waals surface area contributed by atoms with Gasteiger partial charge in [0.1, 0.15) is 0 Å². The molecule has 0 aliphatic carbocycles. The summed E-state index contributed by atoms with van der Waals surface area (Å²) < 4.78 is 0. The molecule has 2 rings (SSSR count). The number of rotatable bonds is 4. The Morgan fingerprint density at radius 3 is 2.36 bits per heavy atom. The summed E-state index contributed by atoms with van der Waals surface area (Å²) in [4.78, 5) is 23.5. The van der Waals surface area contributed by atoms with Crippen LogP contribution in [0, 0.1) is 11.3 Å². The summed E-state index contributed by atoms with van der Waals surface area (Å²) in [7, 11) is 1.51. The lowest BCUT2D eigenvalue weighted by molar-refractivity contribution is -0.119. The van der Waals surface area contributed by atoms with Crippen LogP contribution in [0.4, 0.5) is 0 Å². The van der Waals surface area contributed by atoms with Crippen molar-refractivity contribution in [3.05, 3.63) is 59.7 Å². The second-order valence-electron chi connectivity index (χ2n) is 4.56. The standard InChI is InChI=1S/C17H15N3O2/c1-19-16(21)11-20-17(22)15-9-5-4-8-14(15)13-7-3-2-6-12(13)10-18/h2-9H,11H2,1H3,(H,19,21)(H,20,22). The van der Waals surface area contributed by atoms with Crippen molar-refractivity contribution in [1.29, 1.82) is 5.26 Å². The topological polar surface area (TPSA) is 82.0 Å². The summed E-state index contributed by atoms with van der Waals surface area (Å²) in [5.74, 6) is -0.629. The lowest BCUT2D eigenvalue weighted by atomic mass is 9.95. The quantitative estimate of drug-likeness (QED) is 0.900. The molecule has 0 saturated carbocycles. The van der Waals surface area contributed by atoms with Crippen LogP contribution in [-0.4, -0.2) is 25.4 Å². The number of likely N-dealkylation sites (N-methyl/N-ethyl adjacent to an activating group) is 1. The molecule has 0 saturated heterocycles. The van der Waals surface area contributed by atoms with Gasteiger partial charge < -0.3 is 10.6 Å². The third-order valence-corrected chi connectivity index (χ3v) is 3.20. The van der Waals surface area contributed by atoms with E-state index in [2.05, 4.69) is 16.7 Å². The fraction of sp³-hybridized carbons (Fsp3) is 0.118. The monoisotopic (exact) mass is 293 g/mol. The molecule has 2 N–H and O–H groups in total. The van der Waals surface area contributed by atoms with Crippen LogP contribution in [0.5, 0.6) is 0 Å². The van der Waals surface area contributed by atoms with Crippen LogP contribution in [0.3, 0.4) is 0 Å². The van der Waals surface area contributed by atoms with Crippen molar-refractivity contribution >= 4 is 11.8 Å². The van der Waals surface area contributed by atoms with Crippen molar-refractivity contribution in [3.63, 3.8) is 0 Å². The Balaban J connectivity index is 2.37. The Bertz CT molecular complexity index is 748. The highest BCUT2D eigenvalue weighted by molar-refractivity contribution is 6.02. The fourth-order valence-corrected chi connectivity index (χ4v) is 2.08. The minimum Gasteiger partial charge on any atom is -0.358 e. The zero-order valence-electron chi connectivity index (χ0n) is 12.1. The molecular weight excluding hydrogens is 278 g/mol. The van der Waals surface area contributed by atoms with E-state index in [9.17, 15) is 14.9 Å². The molecular formula is C17H15N3O2. The summed E-state index contributed by atoms with van der Waals surface area (Å²) in [6.07, 6.45) is 0. The maximum atomic E-state index is 12.3. The van der Waals surface area contributed by atoms with Crippen molar-refractivity contribution < 1.29 is 9.59 Å². The molecule has 0 spiro atoms. The maximum Gasteiger partial charge on any atom is 0.252 e. The Kier molecular flexibility index (Phi) is 4.89. The van der Waals surface area contributed by atoms with Gasteiger partial charge >= 0.3 is 0 Å². The van der Waals surface area contributed by atoms with E-state index in [0.29, 0.717) is 22.3 Å². The second kappa shape index (κ2) is 7.04. The molecule has 2 aromatic carbocycles. The molecule has 5 heteroatoms. The van der Waals surface area contributed by atoms with E-state index in [4.69, 9.17) is 0 Å². The molecule has 0 aliphatic heterocycles. The van der Waals surface area contributed by atoms with E-state index in [1.807, 2.05) is 6.07 Å². The Morgan fingerprint density at radius 1 is 1.05 bits per heavy atom. The van der Waals surface area contributed by atoms with E-state index >= 15 is 0 Å². The van der Waals surface area contributed by atoms with Crippen molar-refractivity contribution in [2.45, 2.75) is 0 Å². The van der Waals surface area contributed by atoms with Gasteiger partial charge in [-0.05, 0) is 17.7 Å². The molecule has 0 aromatic heterocycles. The smallest absolute Gasteiger partial charge is 0.252 e. The molecule has 2 aromatic rings. The van der Waals surface area contributed by atoms with E-state index in [-0.39, 0.29) is 18.4 Å². The van der Waals surface area contributed by atoms with Gasteiger partial charge in [-0.2, -0.15) is 5.26 Å². The number of hydrogen-bond donors (Lipinski definition) is 2. The molecule has 5 nitrogen and oxygen atoms in total. The molecule has 0 radical (unpaired) electrons. The predicted octanol–water partition coefficient (Wildman–Crippen LogP) is 1.70. The van der Waals surface area contributed by atoms with Crippen LogP contribution in [0.1, 0.15) is 15.9 Å². The van der Waals surface area contributed by atoms with Gasteiger partial charge in [0.2, 0.25) is 5.91 Å². The molecule has 22 heavy (non-hydrogen) atoms. The van der Waals surface area contributed by atoms with Crippen LogP contribution in [-0.2, 0) is 4.79 Å². The normalized spacial score (nSPS) is 9.64. The van der Waals surface area contributed by atoms with Gasteiger partial charge in [-0.3, -0.25) is 9.59 Å². The molecule has 0 heterocycles. The highest BCUT2D eigenvalue weighted by Crippen LogP contribution is 2.26. The van der Waals surface area contributed by atoms with Crippen molar-refractivity contribution in [1.82, 2.24) is 10.6 Å². The molecule has 2 amide bonds. The van der Waals surface area contributed by atoms with Crippen LogP contribution < -0.4 is 10.6 Å². The minimum absolute atomic E-state index is 0.0937. The summed E-state index contributed by atoms with van der Waals surface area (Å²) in [6.45, 7) is -0.0937. The first-order valence-electron chi connectivity index (χ1n) is 6.74. The van der Waals surface area contributed by atoms with Gasteiger partial charge in [-0.1, -0.05) is 36.4 Å². The first-order valence-corrected chi connectivity index (χ1v) is 6.74. The van der Waals surface area contributed by atoms with Crippen molar-refractivity contribution in [3.8, 4) is 17.2 Å². The third-order valence-electron chi connectivity index (χ3n) is 3.20. The lowest BCUT2D eigenvalue weighted by Gasteiger charge is -2.11. The van der Waals surface area contributed by atoms with Crippen LogP contribution in [0.25, 0.3) is 11.1 Å². The Labute approximate surface area is 128 Å². The number of carbonyl (C=O) groups is 2. The first kappa shape index (κ1) is 15.3. The first-order chi connectivity index (χ1) is 10.7. The summed E-state index contributed by atoms with van der Waals surface area (Å²) in [5, 5.41) is 14.2. The number of carbonyl (C=O) groups excluding carboxylic acids is 2. The second-order valence-corrected chi connectivity index (χ2v) is 4.56. The van der Waals surface area contributed by atoms with E-state index in [1.54, 1.807) is 42.5 Å². The van der Waals surface area contributed by atoms with Gasteiger partial charge in [-0.15, -0.1) is 0 Å². The number of benzene rings is 2. The van der Waals surface area contributed by atoms with Gasteiger partial charge in [0.25, 0.3) is 5.91 Å². The highest BCUT2D eigenvalue weighted by atomic mass is 16.2. The molecule has 0 fully saturated rings. The lowest BCUT2D eigenvalue weighted by Crippen LogP contribution is -2.35. The zero-order valence-corrected chi connectivity index (χ0v) is 12.1. The molecule has 110 valence electrons. The van der Waals surface area contributed by atoms with Crippen molar-refractivity contribution in [2.75, 3.05) is 13.6 Å². The van der Waals surface area contributed by atoms with Gasteiger partial charge in [0.15, 0.2) is 0 Å². The number of nitrogens with one attached hydrogen (secondary N) is 2. The fourth-order valence-electron chi connectivity index (χ4n) is 2.08. The van der Waals surface area contributed by atoms with Crippen molar-refractivity contribution in [2.24, 2.45) is 0 Å². The summed E-state index contributed by atoms with van der Waals surface area (Å²) in [5.41, 5.74) is 2.27. The van der Waals surface area contributed by atoms with Crippen LogP contribution in [0.2, 0.25) is 0 Å². The van der Waals surface area contributed by atoms with E-state index < -0.39 is 0 Å². The molecule has 0 atom stereocenters.